The van der Waals surface area contributed by atoms with Crippen LogP contribution in [0.15, 0.2) is 47.0 Å². The fraction of sp³-hybridized carbons (Fsp3) is 0.167. The molecule has 0 unspecified atom stereocenters. The minimum atomic E-state index is -0.250. The van der Waals surface area contributed by atoms with E-state index in [1.807, 2.05) is 18.2 Å². The molecule has 0 bridgehead atoms. The van der Waals surface area contributed by atoms with Crippen molar-refractivity contribution in [2.75, 3.05) is 14.2 Å². The molecule has 0 atom stereocenters. The van der Waals surface area contributed by atoms with Gasteiger partial charge in [0.05, 0.1) is 37.0 Å². The van der Waals surface area contributed by atoms with E-state index in [4.69, 9.17) is 25.6 Å². The van der Waals surface area contributed by atoms with Gasteiger partial charge in [0.15, 0.2) is 5.76 Å². The molecule has 0 aliphatic heterocycles. The van der Waals surface area contributed by atoms with Crippen molar-refractivity contribution >= 4 is 11.6 Å². The summed E-state index contributed by atoms with van der Waals surface area (Å²) in [6.45, 7) is -0.250. The molecular formula is C18H16ClNO4. The summed E-state index contributed by atoms with van der Waals surface area (Å²) in [7, 11) is 3.14. The summed E-state index contributed by atoms with van der Waals surface area (Å²) in [6, 6.07) is 12.6. The molecule has 0 fully saturated rings. The second-order valence-corrected chi connectivity index (χ2v) is 5.45. The molecule has 0 radical (unpaired) electrons. The first-order valence-electron chi connectivity index (χ1n) is 7.26. The van der Waals surface area contributed by atoms with Crippen molar-refractivity contribution in [1.29, 1.82) is 0 Å². The van der Waals surface area contributed by atoms with Crippen LogP contribution in [0.3, 0.4) is 0 Å². The number of rotatable bonds is 5. The van der Waals surface area contributed by atoms with Crippen molar-refractivity contribution in [2.24, 2.45) is 0 Å². The molecule has 3 aromatic rings. The van der Waals surface area contributed by atoms with Crippen LogP contribution in [0.1, 0.15) is 5.56 Å². The lowest BCUT2D eigenvalue weighted by Crippen LogP contribution is -1.93. The van der Waals surface area contributed by atoms with E-state index < -0.39 is 0 Å². The predicted octanol–water partition coefficient (Wildman–Crippen LogP) is 4.17. The van der Waals surface area contributed by atoms with Crippen LogP contribution in [-0.2, 0) is 6.61 Å². The van der Waals surface area contributed by atoms with Crippen LogP contribution < -0.4 is 9.47 Å². The molecule has 1 aromatic heterocycles. The number of nitrogens with zero attached hydrogens (tertiary/aromatic N) is 1. The average molecular weight is 346 g/mol. The van der Waals surface area contributed by atoms with Gasteiger partial charge in [-0.05, 0) is 24.3 Å². The molecule has 0 aliphatic rings. The van der Waals surface area contributed by atoms with E-state index in [1.54, 1.807) is 38.5 Å². The van der Waals surface area contributed by atoms with E-state index >= 15 is 0 Å². The molecule has 0 aliphatic carbocycles. The number of benzene rings is 2. The molecule has 1 N–H and O–H groups in total. The molecule has 2 aromatic carbocycles. The van der Waals surface area contributed by atoms with E-state index in [2.05, 4.69) is 5.16 Å². The zero-order valence-corrected chi connectivity index (χ0v) is 14.0. The van der Waals surface area contributed by atoms with Crippen LogP contribution in [0.25, 0.3) is 22.6 Å². The van der Waals surface area contributed by atoms with Crippen LogP contribution in [-0.4, -0.2) is 24.5 Å². The Kier molecular flexibility index (Phi) is 4.74. The van der Waals surface area contributed by atoms with Gasteiger partial charge in [0.25, 0.3) is 0 Å². The molecule has 5 nitrogen and oxygen atoms in total. The third-order valence-corrected chi connectivity index (χ3v) is 4.06. The van der Waals surface area contributed by atoms with Gasteiger partial charge in [0, 0.05) is 5.56 Å². The summed E-state index contributed by atoms with van der Waals surface area (Å²) < 4.78 is 16.2. The highest BCUT2D eigenvalue weighted by atomic mass is 35.5. The Bertz CT molecular complexity index is 860. The summed E-state index contributed by atoms with van der Waals surface area (Å²) in [5, 5.41) is 14.5. The molecule has 3 rings (SSSR count). The van der Waals surface area contributed by atoms with Crippen LogP contribution in [0.4, 0.5) is 0 Å². The van der Waals surface area contributed by atoms with Crippen molar-refractivity contribution in [1.82, 2.24) is 5.16 Å². The summed E-state index contributed by atoms with van der Waals surface area (Å²) in [6.07, 6.45) is 0. The highest BCUT2D eigenvalue weighted by molar-refractivity contribution is 6.33. The Morgan fingerprint density at radius 2 is 1.88 bits per heavy atom. The Morgan fingerprint density at radius 1 is 1.08 bits per heavy atom. The van der Waals surface area contributed by atoms with Gasteiger partial charge in [0.1, 0.15) is 17.2 Å². The van der Waals surface area contributed by atoms with Crippen molar-refractivity contribution < 1.29 is 19.1 Å². The van der Waals surface area contributed by atoms with Gasteiger partial charge >= 0.3 is 0 Å². The lowest BCUT2D eigenvalue weighted by atomic mass is 10.0. The monoisotopic (exact) mass is 345 g/mol. The average Bonchev–Trinajstić information content (AvgIpc) is 3.05. The van der Waals surface area contributed by atoms with Gasteiger partial charge in [-0.1, -0.05) is 35.0 Å². The third kappa shape index (κ3) is 2.84. The first kappa shape index (κ1) is 16.4. The van der Waals surface area contributed by atoms with Gasteiger partial charge < -0.3 is 19.1 Å². The number of halogens is 1. The van der Waals surface area contributed by atoms with Crippen LogP contribution in [0, 0.1) is 0 Å². The van der Waals surface area contributed by atoms with E-state index in [0.717, 1.165) is 0 Å². The normalized spacial score (nSPS) is 10.7. The second kappa shape index (κ2) is 6.95. The van der Waals surface area contributed by atoms with Crippen molar-refractivity contribution in [3.63, 3.8) is 0 Å². The van der Waals surface area contributed by atoms with Crippen LogP contribution >= 0.6 is 11.6 Å². The number of aliphatic hydroxyl groups excluding tert-OH is 1. The first-order chi connectivity index (χ1) is 11.7. The zero-order chi connectivity index (χ0) is 17.1. The van der Waals surface area contributed by atoms with Gasteiger partial charge in [-0.15, -0.1) is 0 Å². The number of hydrogen-bond donors (Lipinski definition) is 1. The van der Waals surface area contributed by atoms with Crippen molar-refractivity contribution in [3.05, 3.63) is 53.1 Å². The van der Waals surface area contributed by atoms with E-state index in [1.165, 1.54) is 0 Å². The minimum Gasteiger partial charge on any atom is -0.497 e. The van der Waals surface area contributed by atoms with Crippen LogP contribution in [0.5, 0.6) is 11.5 Å². The Morgan fingerprint density at radius 3 is 2.54 bits per heavy atom. The van der Waals surface area contributed by atoms with Gasteiger partial charge in [0.2, 0.25) is 0 Å². The smallest absolute Gasteiger partial charge is 0.176 e. The Hall–Kier alpha value is -2.50. The lowest BCUT2D eigenvalue weighted by molar-refractivity contribution is 0.281. The standard InChI is InChI=1S/C18H16ClNO4/c1-22-11-7-8-16(23-2)13(9-11)18-14(10-21)17(20-24-18)12-5-3-4-6-15(12)19/h3-9,21H,10H2,1-2H3. The fourth-order valence-corrected chi connectivity index (χ4v) is 2.75. The number of aromatic nitrogens is 1. The fourth-order valence-electron chi connectivity index (χ4n) is 2.52. The molecule has 124 valence electrons. The highest BCUT2D eigenvalue weighted by Crippen LogP contribution is 2.40. The minimum absolute atomic E-state index is 0.250. The molecule has 24 heavy (non-hydrogen) atoms. The molecule has 1 heterocycles. The molecule has 0 saturated carbocycles. The number of hydrogen-bond acceptors (Lipinski definition) is 5. The summed E-state index contributed by atoms with van der Waals surface area (Å²) in [5.74, 6) is 1.65. The number of aliphatic hydroxyl groups is 1. The predicted molar refractivity (Wildman–Crippen MR) is 91.4 cm³/mol. The molecule has 6 heteroatoms. The summed E-state index contributed by atoms with van der Waals surface area (Å²) in [4.78, 5) is 0. The number of methoxy groups -OCH3 is 2. The summed E-state index contributed by atoms with van der Waals surface area (Å²) >= 11 is 6.24. The quantitative estimate of drug-likeness (QED) is 0.751. The molecule has 0 spiro atoms. The molecule has 0 saturated heterocycles. The van der Waals surface area contributed by atoms with Gasteiger partial charge in [-0.25, -0.2) is 0 Å². The lowest BCUT2D eigenvalue weighted by Gasteiger charge is -2.09. The van der Waals surface area contributed by atoms with Crippen molar-refractivity contribution in [2.45, 2.75) is 6.61 Å². The number of ether oxygens (including phenoxy) is 2. The van der Waals surface area contributed by atoms with E-state index in [-0.39, 0.29) is 6.61 Å². The maximum Gasteiger partial charge on any atom is 0.176 e. The second-order valence-electron chi connectivity index (χ2n) is 5.04. The maximum absolute atomic E-state index is 9.88. The molecular weight excluding hydrogens is 330 g/mol. The first-order valence-corrected chi connectivity index (χ1v) is 7.64. The highest BCUT2D eigenvalue weighted by Gasteiger charge is 2.22. The zero-order valence-electron chi connectivity index (χ0n) is 13.2. The van der Waals surface area contributed by atoms with Crippen molar-refractivity contribution in [3.8, 4) is 34.1 Å². The SMILES string of the molecule is COc1ccc(OC)c(-c2onc(-c3ccccc3Cl)c2CO)c1. The van der Waals surface area contributed by atoms with E-state index in [0.29, 0.717) is 44.7 Å². The summed E-state index contributed by atoms with van der Waals surface area (Å²) in [5.41, 5.74) is 2.38. The topological polar surface area (TPSA) is 64.7 Å². The maximum atomic E-state index is 9.88. The Balaban J connectivity index is 2.19. The Labute approximate surface area is 144 Å². The van der Waals surface area contributed by atoms with Crippen LogP contribution in [0.2, 0.25) is 5.02 Å². The molecule has 0 amide bonds. The largest absolute Gasteiger partial charge is 0.497 e. The third-order valence-electron chi connectivity index (χ3n) is 3.73. The van der Waals surface area contributed by atoms with Gasteiger partial charge in [-0.3, -0.25) is 0 Å². The van der Waals surface area contributed by atoms with E-state index in [9.17, 15) is 5.11 Å². The van der Waals surface area contributed by atoms with Gasteiger partial charge in [-0.2, -0.15) is 0 Å².